The van der Waals surface area contributed by atoms with Crippen molar-refractivity contribution >= 4 is 5.91 Å². The molecule has 0 aliphatic rings. The predicted octanol–water partition coefficient (Wildman–Crippen LogP) is 2.93. The van der Waals surface area contributed by atoms with Gasteiger partial charge in [0, 0.05) is 13.1 Å². The standard InChI is InChI=1S/C20H20FN3O5/c1-24(19(25)12-28-16-7-5-4-6-15(16)21)11-18-22-20(23-29-18)14-9-8-13(26-2)10-17(14)27-3/h4-10H,11-12H2,1-3H3. The van der Waals surface area contributed by atoms with Gasteiger partial charge in [0.2, 0.25) is 11.7 Å². The van der Waals surface area contributed by atoms with Crippen LogP contribution < -0.4 is 14.2 Å². The normalized spacial score (nSPS) is 10.5. The molecule has 0 fully saturated rings. The average Bonchev–Trinajstić information content (AvgIpc) is 3.20. The average molecular weight is 401 g/mol. The van der Waals surface area contributed by atoms with E-state index in [0.717, 1.165) is 0 Å². The molecule has 8 nitrogen and oxygen atoms in total. The third-order valence-corrected chi connectivity index (χ3v) is 4.10. The fourth-order valence-electron chi connectivity index (χ4n) is 2.51. The maximum absolute atomic E-state index is 13.6. The number of hydrogen-bond donors (Lipinski definition) is 0. The van der Waals surface area contributed by atoms with Gasteiger partial charge in [-0.05, 0) is 24.3 Å². The topological polar surface area (TPSA) is 86.9 Å². The highest BCUT2D eigenvalue weighted by Crippen LogP contribution is 2.31. The molecule has 1 heterocycles. The quantitative estimate of drug-likeness (QED) is 0.574. The highest BCUT2D eigenvalue weighted by Gasteiger charge is 2.18. The van der Waals surface area contributed by atoms with Gasteiger partial charge < -0.3 is 23.6 Å². The molecule has 0 radical (unpaired) electrons. The first-order valence-electron chi connectivity index (χ1n) is 8.68. The molecule has 3 rings (SSSR count). The van der Waals surface area contributed by atoms with Crippen LogP contribution in [0.4, 0.5) is 4.39 Å². The maximum Gasteiger partial charge on any atom is 0.260 e. The number of nitrogens with zero attached hydrogens (tertiary/aromatic N) is 3. The summed E-state index contributed by atoms with van der Waals surface area (Å²) in [5, 5.41) is 3.94. The van der Waals surface area contributed by atoms with E-state index < -0.39 is 5.82 Å². The molecule has 0 atom stereocenters. The Kier molecular flexibility index (Phi) is 6.28. The molecule has 152 valence electrons. The first-order valence-corrected chi connectivity index (χ1v) is 8.68. The summed E-state index contributed by atoms with van der Waals surface area (Å²) in [4.78, 5) is 17.9. The Labute approximate surface area is 166 Å². The molecule has 3 aromatic rings. The summed E-state index contributed by atoms with van der Waals surface area (Å²) in [5.74, 6) is 0.838. The Morgan fingerprint density at radius 3 is 2.66 bits per heavy atom. The van der Waals surface area contributed by atoms with Crippen molar-refractivity contribution in [3.63, 3.8) is 0 Å². The molecule has 1 aromatic heterocycles. The number of likely N-dealkylation sites (N-methyl/N-ethyl adjacent to an activating group) is 1. The monoisotopic (exact) mass is 401 g/mol. The molecular formula is C20H20FN3O5. The van der Waals surface area contributed by atoms with Crippen molar-refractivity contribution in [2.24, 2.45) is 0 Å². The summed E-state index contributed by atoms with van der Waals surface area (Å²) in [6.07, 6.45) is 0. The lowest BCUT2D eigenvalue weighted by atomic mass is 10.2. The van der Waals surface area contributed by atoms with Crippen LogP contribution in [0.3, 0.4) is 0 Å². The largest absolute Gasteiger partial charge is 0.497 e. The molecule has 0 aliphatic heterocycles. The Hall–Kier alpha value is -3.62. The fourth-order valence-corrected chi connectivity index (χ4v) is 2.51. The van der Waals surface area contributed by atoms with Gasteiger partial charge in [0.25, 0.3) is 5.91 Å². The molecule has 0 saturated heterocycles. The molecule has 0 spiro atoms. The van der Waals surface area contributed by atoms with Crippen LogP contribution in [0.5, 0.6) is 17.2 Å². The van der Waals surface area contributed by atoms with Gasteiger partial charge in [-0.2, -0.15) is 4.98 Å². The summed E-state index contributed by atoms with van der Waals surface area (Å²) in [6.45, 7) is -0.240. The van der Waals surface area contributed by atoms with Crippen LogP contribution in [-0.4, -0.2) is 48.8 Å². The van der Waals surface area contributed by atoms with Crippen LogP contribution >= 0.6 is 0 Å². The van der Waals surface area contributed by atoms with E-state index in [9.17, 15) is 9.18 Å². The number of carbonyl (C=O) groups is 1. The molecule has 9 heteroatoms. The number of amides is 1. The second kappa shape index (κ2) is 9.05. The lowest BCUT2D eigenvalue weighted by Gasteiger charge is -2.15. The number of hydrogen-bond acceptors (Lipinski definition) is 7. The van der Waals surface area contributed by atoms with Crippen molar-refractivity contribution in [2.45, 2.75) is 6.54 Å². The number of halogens is 1. The summed E-state index contributed by atoms with van der Waals surface area (Å²) in [6, 6.07) is 11.1. The number of ether oxygens (including phenoxy) is 3. The summed E-state index contributed by atoms with van der Waals surface area (Å²) in [7, 11) is 4.65. The lowest BCUT2D eigenvalue weighted by molar-refractivity contribution is -0.132. The van der Waals surface area contributed by atoms with Crippen molar-refractivity contribution < 1.29 is 27.9 Å². The van der Waals surface area contributed by atoms with Gasteiger partial charge in [-0.25, -0.2) is 4.39 Å². The predicted molar refractivity (Wildman–Crippen MR) is 101 cm³/mol. The molecule has 29 heavy (non-hydrogen) atoms. The number of carbonyl (C=O) groups excluding carboxylic acids is 1. The van der Waals surface area contributed by atoms with Gasteiger partial charge in [-0.3, -0.25) is 4.79 Å². The van der Waals surface area contributed by atoms with Crippen molar-refractivity contribution in [1.82, 2.24) is 15.0 Å². The Bertz CT molecular complexity index is 992. The van der Waals surface area contributed by atoms with Gasteiger partial charge in [-0.15, -0.1) is 0 Å². The Morgan fingerprint density at radius 1 is 1.14 bits per heavy atom. The molecule has 0 saturated carbocycles. The third kappa shape index (κ3) is 4.81. The number of benzene rings is 2. The van der Waals surface area contributed by atoms with Crippen LogP contribution in [0.25, 0.3) is 11.4 Å². The van der Waals surface area contributed by atoms with E-state index in [1.54, 1.807) is 44.5 Å². The van der Waals surface area contributed by atoms with Crippen molar-refractivity contribution in [1.29, 1.82) is 0 Å². The molecule has 0 aliphatic carbocycles. The number of aromatic nitrogens is 2. The minimum absolute atomic E-state index is 0.0147. The van der Waals surface area contributed by atoms with E-state index >= 15 is 0 Å². The van der Waals surface area contributed by atoms with E-state index in [1.165, 1.54) is 24.1 Å². The Morgan fingerprint density at radius 2 is 1.93 bits per heavy atom. The Balaban J connectivity index is 1.63. The molecule has 0 bridgehead atoms. The number of methoxy groups -OCH3 is 2. The second-order valence-corrected chi connectivity index (χ2v) is 6.05. The first kappa shape index (κ1) is 20.1. The smallest absolute Gasteiger partial charge is 0.260 e. The fraction of sp³-hybridized carbons (Fsp3) is 0.250. The van der Waals surface area contributed by atoms with Crippen molar-refractivity contribution in [3.8, 4) is 28.6 Å². The molecule has 2 aromatic carbocycles. The van der Waals surface area contributed by atoms with Gasteiger partial charge in [-0.1, -0.05) is 17.3 Å². The minimum Gasteiger partial charge on any atom is -0.497 e. The van der Waals surface area contributed by atoms with Gasteiger partial charge in [0.1, 0.15) is 11.5 Å². The zero-order chi connectivity index (χ0) is 20.8. The van der Waals surface area contributed by atoms with E-state index in [4.69, 9.17) is 18.7 Å². The van der Waals surface area contributed by atoms with Crippen molar-refractivity contribution in [2.75, 3.05) is 27.9 Å². The van der Waals surface area contributed by atoms with E-state index in [0.29, 0.717) is 22.9 Å². The maximum atomic E-state index is 13.6. The van der Waals surface area contributed by atoms with Crippen molar-refractivity contribution in [3.05, 3.63) is 54.2 Å². The van der Waals surface area contributed by atoms with Gasteiger partial charge in [0.15, 0.2) is 18.2 Å². The van der Waals surface area contributed by atoms with Gasteiger partial charge in [0.05, 0.1) is 26.3 Å². The highest BCUT2D eigenvalue weighted by molar-refractivity contribution is 5.77. The number of para-hydroxylation sites is 1. The van der Waals surface area contributed by atoms with E-state index in [2.05, 4.69) is 10.1 Å². The van der Waals surface area contributed by atoms with E-state index in [-0.39, 0.29) is 30.7 Å². The van der Waals surface area contributed by atoms with Gasteiger partial charge >= 0.3 is 0 Å². The molecule has 0 N–H and O–H groups in total. The van der Waals surface area contributed by atoms with E-state index in [1.807, 2.05) is 0 Å². The van der Waals surface area contributed by atoms with Crippen LogP contribution in [-0.2, 0) is 11.3 Å². The number of rotatable bonds is 8. The van der Waals surface area contributed by atoms with Crippen LogP contribution in [0.15, 0.2) is 47.0 Å². The minimum atomic E-state index is -0.530. The van der Waals surface area contributed by atoms with Crippen LogP contribution in [0.1, 0.15) is 5.89 Å². The summed E-state index contributed by atoms with van der Waals surface area (Å²) in [5.41, 5.74) is 0.625. The second-order valence-electron chi connectivity index (χ2n) is 6.05. The molecule has 1 amide bonds. The zero-order valence-electron chi connectivity index (χ0n) is 16.2. The highest BCUT2D eigenvalue weighted by atomic mass is 19.1. The zero-order valence-corrected chi connectivity index (χ0v) is 16.2. The third-order valence-electron chi connectivity index (χ3n) is 4.10. The molecular weight excluding hydrogens is 381 g/mol. The first-order chi connectivity index (χ1) is 14.0. The van der Waals surface area contributed by atoms with Crippen LogP contribution in [0, 0.1) is 5.82 Å². The molecule has 0 unspecified atom stereocenters. The van der Waals surface area contributed by atoms with Crippen LogP contribution in [0.2, 0.25) is 0 Å². The SMILES string of the molecule is COc1ccc(-c2noc(CN(C)C(=O)COc3ccccc3F)n2)c(OC)c1. The summed E-state index contributed by atoms with van der Waals surface area (Å²) < 4.78 is 34.5. The summed E-state index contributed by atoms with van der Waals surface area (Å²) >= 11 is 0. The lowest BCUT2D eigenvalue weighted by Crippen LogP contribution is -2.31.